The molecule has 0 bridgehead atoms. The van der Waals surface area contributed by atoms with Gasteiger partial charge in [0.1, 0.15) is 18.0 Å². The average Bonchev–Trinajstić information content (AvgIpc) is 3.55. The van der Waals surface area contributed by atoms with Crippen molar-refractivity contribution in [2.24, 2.45) is 0 Å². The summed E-state index contributed by atoms with van der Waals surface area (Å²) in [5, 5.41) is 1.83. The van der Waals surface area contributed by atoms with E-state index in [1.165, 1.54) is 23.3 Å². The Morgan fingerprint density at radius 3 is 2.67 bits per heavy atom. The van der Waals surface area contributed by atoms with Crippen molar-refractivity contribution in [3.8, 4) is 16.2 Å². The van der Waals surface area contributed by atoms with Crippen molar-refractivity contribution in [1.82, 2.24) is 14.9 Å². The highest BCUT2D eigenvalue weighted by molar-refractivity contribution is 7.19. The molecule has 4 rings (SSSR count). The van der Waals surface area contributed by atoms with Crippen LogP contribution >= 0.6 is 11.3 Å². The number of hydrogen-bond acceptors (Lipinski definition) is 7. The Balaban J connectivity index is 1.69. The third-order valence-corrected chi connectivity index (χ3v) is 7.33. The number of methoxy groups -OCH3 is 2. The molecule has 0 aliphatic heterocycles. The number of thiazole rings is 1. The van der Waals surface area contributed by atoms with Gasteiger partial charge in [-0.05, 0) is 42.7 Å². The molecular formula is C27H30N4O4S. The minimum atomic E-state index is -0.480. The van der Waals surface area contributed by atoms with Gasteiger partial charge < -0.3 is 24.3 Å². The summed E-state index contributed by atoms with van der Waals surface area (Å²) in [7, 11) is 4.87. The average molecular weight is 507 g/mol. The maximum atomic E-state index is 13.9. The number of ether oxygens (including phenoxy) is 2. The Bertz CT molecular complexity index is 1360. The zero-order chi connectivity index (χ0) is 25.7. The number of esters is 1. The van der Waals surface area contributed by atoms with Crippen molar-refractivity contribution in [2.45, 2.75) is 13.3 Å². The molecule has 188 valence electrons. The van der Waals surface area contributed by atoms with Gasteiger partial charge in [0.25, 0.3) is 5.91 Å². The molecule has 2 aromatic carbocycles. The van der Waals surface area contributed by atoms with Crippen molar-refractivity contribution >= 4 is 39.2 Å². The van der Waals surface area contributed by atoms with Crippen LogP contribution in [-0.2, 0) is 16.0 Å². The first kappa shape index (κ1) is 25.2. The Labute approximate surface area is 214 Å². The number of hydrogen-bond donors (Lipinski definition) is 1. The normalized spacial score (nSPS) is 10.9. The number of benzene rings is 2. The summed E-state index contributed by atoms with van der Waals surface area (Å²) in [5.41, 5.74) is 3.25. The number of rotatable bonds is 10. The summed E-state index contributed by atoms with van der Waals surface area (Å²) in [6, 6.07) is 15.6. The Hall–Kier alpha value is -3.85. The largest absolute Gasteiger partial charge is 0.497 e. The van der Waals surface area contributed by atoms with E-state index in [9.17, 15) is 9.59 Å². The SMILES string of the molecule is CCN(C)c1nc(C(=O)N(CCc2c[nH]c3ccccc23)CC(=O)OC)c(-c2cccc(OC)c2)s1. The highest BCUT2D eigenvalue weighted by atomic mass is 32.1. The highest BCUT2D eigenvalue weighted by Gasteiger charge is 2.27. The molecule has 1 N–H and O–H groups in total. The standard InChI is InChI=1S/C27H30N4O4S/c1-5-30(2)27-29-24(25(36-27)18-9-8-10-20(15-18)34-3)26(33)31(17-23(32)35-4)14-13-19-16-28-22-12-7-6-11-21(19)22/h6-12,15-16,28H,5,13-14,17H2,1-4H3. The van der Waals surface area contributed by atoms with Crippen molar-refractivity contribution in [2.75, 3.05) is 45.8 Å². The topological polar surface area (TPSA) is 87.8 Å². The van der Waals surface area contributed by atoms with Crippen LogP contribution in [0.5, 0.6) is 5.75 Å². The minimum absolute atomic E-state index is 0.161. The molecule has 0 aliphatic rings. The Morgan fingerprint density at radius 2 is 1.92 bits per heavy atom. The number of carbonyl (C=O) groups is 2. The molecule has 9 heteroatoms. The second-order valence-corrected chi connectivity index (χ2v) is 9.31. The number of nitrogens with zero attached hydrogens (tertiary/aromatic N) is 3. The number of carbonyl (C=O) groups excluding carboxylic acids is 2. The van der Waals surface area contributed by atoms with Gasteiger partial charge in [0.05, 0.1) is 19.1 Å². The van der Waals surface area contributed by atoms with Gasteiger partial charge in [-0.25, -0.2) is 4.98 Å². The molecule has 0 saturated heterocycles. The molecule has 8 nitrogen and oxygen atoms in total. The van der Waals surface area contributed by atoms with Crippen LogP contribution < -0.4 is 9.64 Å². The van der Waals surface area contributed by atoms with Crippen LogP contribution in [0.25, 0.3) is 21.3 Å². The second-order valence-electron chi connectivity index (χ2n) is 8.33. The van der Waals surface area contributed by atoms with Gasteiger partial charge in [0, 0.05) is 37.2 Å². The van der Waals surface area contributed by atoms with Gasteiger partial charge >= 0.3 is 5.97 Å². The molecule has 4 aromatic rings. The van der Waals surface area contributed by atoms with Crippen LogP contribution in [0, 0.1) is 0 Å². The minimum Gasteiger partial charge on any atom is -0.497 e. The number of amides is 1. The van der Waals surface area contributed by atoms with Crippen LogP contribution in [-0.4, -0.2) is 67.6 Å². The molecule has 2 heterocycles. The van der Waals surface area contributed by atoms with Crippen LogP contribution in [0.2, 0.25) is 0 Å². The zero-order valence-corrected chi connectivity index (χ0v) is 21.7. The number of aromatic amines is 1. The van der Waals surface area contributed by atoms with E-state index in [0.717, 1.165) is 38.6 Å². The third-order valence-electron chi connectivity index (χ3n) is 6.11. The van der Waals surface area contributed by atoms with Crippen LogP contribution in [0.1, 0.15) is 23.0 Å². The van der Waals surface area contributed by atoms with Crippen LogP contribution in [0.4, 0.5) is 5.13 Å². The van der Waals surface area contributed by atoms with Gasteiger partial charge in [-0.15, -0.1) is 0 Å². The van der Waals surface area contributed by atoms with E-state index in [1.807, 2.05) is 73.6 Å². The summed E-state index contributed by atoms with van der Waals surface area (Å²) in [6.45, 7) is 2.94. The fourth-order valence-electron chi connectivity index (χ4n) is 3.93. The molecule has 36 heavy (non-hydrogen) atoms. The summed E-state index contributed by atoms with van der Waals surface area (Å²) in [6.07, 6.45) is 2.53. The molecule has 0 atom stereocenters. The van der Waals surface area contributed by atoms with Gasteiger partial charge in [0.2, 0.25) is 0 Å². The molecule has 2 aromatic heterocycles. The fourth-order valence-corrected chi connectivity index (χ4v) is 5.01. The zero-order valence-electron chi connectivity index (χ0n) is 20.9. The lowest BCUT2D eigenvalue weighted by Gasteiger charge is -2.21. The first-order chi connectivity index (χ1) is 17.4. The van der Waals surface area contributed by atoms with E-state index in [2.05, 4.69) is 4.98 Å². The van der Waals surface area contributed by atoms with E-state index in [-0.39, 0.29) is 12.5 Å². The predicted octanol–water partition coefficient (Wildman–Crippen LogP) is 4.61. The molecule has 0 saturated carbocycles. The van der Waals surface area contributed by atoms with Crippen LogP contribution in [0.3, 0.4) is 0 Å². The van der Waals surface area contributed by atoms with E-state index in [4.69, 9.17) is 14.5 Å². The quantitative estimate of drug-likeness (QED) is 0.316. The predicted molar refractivity (Wildman–Crippen MR) is 143 cm³/mol. The van der Waals surface area contributed by atoms with Gasteiger partial charge in [-0.2, -0.15) is 0 Å². The van der Waals surface area contributed by atoms with Crippen molar-refractivity contribution < 1.29 is 19.1 Å². The molecule has 1 amide bonds. The highest BCUT2D eigenvalue weighted by Crippen LogP contribution is 2.36. The first-order valence-electron chi connectivity index (χ1n) is 11.7. The summed E-state index contributed by atoms with van der Waals surface area (Å²) in [5.74, 6) is -0.105. The molecule has 0 spiro atoms. The number of para-hydroxylation sites is 1. The smallest absolute Gasteiger partial charge is 0.325 e. The van der Waals surface area contributed by atoms with E-state index < -0.39 is 5.97 Å². The lowest BCUT2D eigenvalue weighted by atomic mass is 10.1. The summed E-state index contributed by atoms with van der Waals surface area (Å²) >= 11 is 1.44. The lowest BCUT2D eigenvalue weighted by molar-refractivity contribution is -0.141. The monoisotopic (exact) mass is 506 g/mol. The third kappa shape index (κ3) is 5.36. The summed E-state index contributed by atoms with van der Waals surface area (Å²) < 4.78 is 10.3. The maximum absolute atomic E-state index is 13.9. The number of nitrogens with one attached hydrogen (secondary N) is 1. The van der Waals surface area contributed by atoms with Gasteiger partial charge in [0.15, 0.2) is 5.13 Å². The number of H-pyrrole nitrogens is 1. The number of anilines is 1. The fraction of sp³-hybridized carbons (Fsp3) is 0.296. The number of aromatic nitrogens is 2. The molecular weight excluding hydrogens is 476 g/mol. The maximum Gasteiger partial charge on any atom is 0.325 e. The Morgan fingerprint density at radius 1 is 1.11 bits per heavy atom. The van der Waals surface area contributed by atoms with Crippen molar-refractivity contribution in [3.05, 3.63) is 66.0 Å². The van der Waals surface area contributed by atoms with Crippen LogP contribution in [0.15, 0.2) is 54.7 Å². The summed E-state index contributed by atoms with van der Waals surface area (Å²) in [4.78, 5) is 38.4. The van der Waals surface area contributed by atoms with Crippen molar-refractivity contribution in [1.29, 1.82) is 0 Å². The lowest BCUT2D eigenvalue weighted by Crippen LogP contribution is -2.38. The van der Waals surface area contributed by atoms with E-state index >= 15 is 0 Å². The van der Waals surface area contributed by atoms with E-state index in [1.54, 1.807) is 7.11 Å². The van der Waals surface area contributed by atoms with Gasteiger partial charge in [-0.1, -0.05) is 41.7 Å². The molecule has 0 radical (unpaired) electrons. The van der Waals surface area contributed by atoms with Crippen molar-refractivity contribution in [3.63, 3.8) is 0 Å². The second kappa shape index (κ2) is 11.3. The van der Waals surface area contributed by atoms with E-state index in [0.29, 0.717) is 24.4 Å². The van der Waals surface area contributed by atoms with Gasteiger partial charge in [-0.3, -0.25) is 9.59 Å². The first-order valence-corrected chi connectivity index (χ1v) is 12.5. The molecule has 0 fully saturated rings. The molecule has 0 aliphatic carbocycles. The Kier molecular flexibility index (Phi) is 7.90. The molecule has 0 unspecified atom stereocenters. The number of fused-ring (bicyclic) bond motifs is 1.